The van der Waals surface area contributed by atoms with Gasteiger partial charge in [-0.25, -0.2) is 0 Å². The van der Waals surface area contributed by atoms with E-state index >= 15 is 0 Å². The number of benzene rings is 1. The van der Waals surface area contributed by atoms with Crippen LogP contribution in [-0.2, 0) is 11.2 Å². The molecule has 0 saturated carbocycles. The maximum Gasteiger partial charge on any atom is 0.213 e. The number of nitrogens with zero attached hydrogens (tertiary/aromatic N) is 3. The van der Waals surface area contributed by atoms with Gasteiger partial charge in [-0.3, -0.25) is 4.90 Å². The van der Waals surface area contributed by atoms with Crippen molar-refractivity contribution < 1.29 is 4.74 Å². The lowest BCUT2D eigenvalue weighted by atomic mass is 9.97. The second-order valence-corrected chi connectivity index (χ2v) is 7.56. The first-order chi connectivity index (χ1) is 12.6. The molecule has 0 bridgehead atoms. The first kappa shape index (κ1) is 19.0. The van der Waals surface area contributed by atoms with Crippen molar-refractivity contribution in [3.63, 3.8) is 0 Å². The summed E-state index contributed by atoms with van der Waals surface area (Å²) >= 11 is 6.02. The summed E-state index contributed by atoms with van der Waals surface area (Å²) < 4.78 is 5.88. The molecule has 0 aliphatic carbocycles. The van der Waals surface area contributed by atoms with E-state index in [1.807, 2.05) is 17.0 Å². The molecule has 3 rings (SSSR count). The van der Waals surface area contributed by atoms with Crippen LogP contribution in [0.1, 0.15) is 18.4 Å². The van der Waals surface area contributed by atoms with Crippen LogP contribution in [0, 0.1) is 0 Å². The van der Waals surface area contributed by atoms with Gasteiger partial charge in [0.2, 0.25) is 5.96 Å². The van der Waals surface area contributed by atoms with E-state index in [9.17, 15) is 0 Å². The van der Waals surface area contributed by atoms with Crippen LogP contribution in [0.25, 0.3) is 0 Å². The minimum atomic E-state index is 0.326. The predicted molar refractivity (Wildman–Crippen MR) is 106 cm³/mol. The van der Waals surface area contributed by atoms with E-state index in [2.05, 4.69) is 28.7 Å². The van der Waals surface area contributed by atoms with Gasteiger partial charge in [-0.2, -0.15) is 0 Å². The van der Waals surface area contributed by atoms with Crippen LogP contribution in [0.15, 0.2) is 41.5 Å². The standard InChI is InChI=1S/C19H28ClN5O/c1-14-11-25(17-6-8-24(9-7-17)19(21)23-22)18(13-26-12-14)10-15-2-4-16(20)5-3-15/h2-5,17-18H,1,6-13,22H2,(H2,21,23). The van der Waals surface area contributed by atoms with Gasteiger partial charge in [-0.1, -0.05) is 30.3 Å². The van der Waals surface area contributed by atoms with Gasteiger partial charge in [0.1, 0.15) is 0 Å². The zero-order chi connectivity index (χ0) is 18.5. The number of hydrazone groups is 1. The Morgan fingerprint density at radius 1 is 1.27 bits per heavy atom. The monoisotopic (exact) mass is 377 g/mol. The number of hydrogen-bond donors (Lipinski definition) is 2. The van der Waals surface area contributed by atoms with Gasteiger partial charge in [0.05, 0.1) is 13.2 Å². The van der Waals surface area contributed by atoms with Crippen molar-refractivity contribution in [2.45, 2.75) is 31.3 Å². The average molecular weight is 378 g/mol. The number of ether oxygens (including phenoxy) is 1. The molecule has 2 fully saturated rings. The predicted octanol–water partition coefficient (Wildman–Crippen LogP) is 1.79. The van der Waals surface area contributed by atoms with Crippen molar-refractivity contribution in [2.75, 3.05) is 32.8 Å². The Hall–Kier alpha value is -1.76. The van der Waals surface area contributed by atoms with Crippen molar-refractivity contribution in [3.8, 4) is 0 Å². The highest BCUT2D eigenvalue weighted by molar-refractivity contribution is 6.30. The summed E-state index contributed by atoms with van der Waals surface area (Å²) in [6, 6.07) is 8.90. The molecule has 6 nitrogen and oxygen atoms in total. The number of halogens is 1. The number of rotatable bonds is 3. The molecule has 1 aromatic carbocycles. The van der Waals surface area contributed by atoms with Crippen molar-refractivity contribution in [1.29, 1.82) is 0 Å². The summed E-state index contributed by atoms with van der Waals surface area (Å²) in [5.41, 5.74) is 8.26. The van der Waals surface area contributed by atoms with Crippen molar-refractivity contribution >= 4 is 17.6 Å². The minimum absolute atomic E-state index is 0.326. The summed E-state index contributed by atoms with van der Waals surface area (Å²) in [6.45, 7) is 8.15. The number of nitrogens with two attached hydrogens (primary N) is 2. The molecule has 0 amide bonds. The van der Waals surface area contributed by atoms with Gasteiger partial charge in [0.15, 0.2) is 0 Å². The van der Waals surface area contributed by atoms with Crippen LogP contribution in [0.3, 0.4) is 0 Å². The molecule has 2 aliphatic heterocycles. The molecule has 1 aromatic rings. The zero-order valence-electron chi connectivity index (χ0n) is 15.1. The van der Waals surface area contributed by atoms with Crippen LogP contribution >= 0.6 is 11.6 Å². The van der Waals surface area contributed by atoms with Gasteiger partial charge >= 0.3 is 0 Å². The lowest BCUT2D eigenvalue weighted by Gasteiger charge is -2.41. The highest BCUT2D eigenvalue weighted by Crippen LogP contribution is 2.24. The zero-order valence-corrected chi connectivity index (χ0v) is 15.9. The maximum atomic E-state index is 6.02. The van der Waals surface area contributed by atoms with E-state index in [1.165, 1.54) is 5.56 Å². The van der Waals surface area contributed by atoms with Crippen molar-refractivity contribution in [2.24, 2.45) is 16.7 Å². The number of hydrogen-bond acceptors (Lipinski definition) is 4. The SMILES string of the molecule is C=C1COCC(Cc2ccc(Cl)cc2)N(C2CCN(/C(N)=N/N)CC2)C1. The van der Waals surface area contributed by atoms with Gasteiger partial charge in [-0.05, 0) is 42.5 Å². The molecular weight excluding hydrogens is 350 g/mol. The molecular formula is C19H28ClN5O. The lowest BCUT2D eigenvalue weighted by Crippen LogP contribution is -2.53. The molecule has 2 saturated heterocycles. The molecule has 2 aliphatic rings. The van der Waals surface area contributed by atoms with Crippen LogP contribution in [0.2, 0.25) is 5.02 Å². The minimum Gasteiger partial charge on any atom is -0.375 e. The van der Waals surface area contributed by atoms with Crippen molar-refractivity contribution in [1.82, 2.24) is 9.80 Å². The highest BCUT2D eigenvalue weighted by atomic mass is 35.5. The third kappa shape index (κ3) is 4.69. The molecule has 2 heterocycles. The summed E-state index contributed by atoms with van der Waals surface area (Å²) in [6.07, 6.45) is 3.00. The number of piperidine rings is 1. The van der Waals surface area contributed by atoms with E-state index < -0.39 is 0 Å². The first-order valence-corrected chi connectivity index (χ1v) is 9.47. The molecule has 1 atom stereocenters. The van der Waals surface area contributed by atoms with Gasteiger partial charge in [0.25, 0.3) is 0 Å². The Morgan fingerprint density at radius 3 is 2.62 bits per heavy atom. The normalized spacial score (nSPS) is 23.9. The summed E-state index contributed by atoms with van der Waals surface area (Å²) in [5.74, 6) is 5.73. The van der Waals surface area contributed by atoms with E-state index in [1.54, 1.807) is 0 Å². The first-order valence-electron chi connectivity index (χ1n) is 9.09. The van der Waals surface area contributed by atoms with E-state index in [0.29, 0.717) is 31.3 Å². The molecule has 1 unspecified atom stereocenters. The third-order valence-electron chi connectivity index (χ3n) is 5.27. The molecule has 4 N–H and O–H groups in total. The van der Waals surface area contributed by atoms with Gasteiger partial charge in [-0.15, -0.1) is 5.10 Å². The van der Waals surface area contributed by atoms with Crippen LogP contribution in [0.5, 0.6) is 0 Å². The second-order valence-electron chi connectivity index (χ2n) is 7.13. The van der Waals surface area contributed by atoms with E-state index in [0.717, 1.165) is 49.5 Å². The Kier molecular flexibility index (Phi) is 6.40. The fourth-order valence-corrected chi connectivity index (χ4v) is 4.00. The Morgan fingerprint density at radius 2 is 1.96 bits per heavy atom. The fourth-order valence-electron chi connectivity index (χ4n) is 3.87. The fraction of sp³-hybridized carbons (Fsp3) is 0.526. The Bertz CT molecular complexity index is 640. The third-order valence-corrected chi connectivity index (χ3v) is 5.52. The summed E-state index contributed by atoms with van der Waals surface area (Å²) in [5, 5.41) is 4.38. The molecule has 0 spiro atoms. The van der Waals surface area contributed by atoms with E-state index in [4.69, 9.17) is 27.9 Å². The van der Waals surface area contributed by atoms with Crippen LogP contribution < -0.4 is 11.6 Å². The Labute approximate surface area is 160 Å². The quantitative estimate of drug-likeness (QED) is 0.276. The van der Waals surface area contributed by atoms with Crippen LogP contribution in [0.4, 0.5) is 0 Å². The average Bonchev–Trinajstić information content (AvgIpc) is 2.84. The summed E-state index contributed by atoms with van der Waals surface area (Å²) in [4.78, 5) is 4.62. The smallest absolute Gasteiger partial charge is 0.213 e. The summed E-state index contributed by atoms with van der Waals surface area (Å²) in [7, 11) is 0. The molecule has 142 valence electrons. The number of likely N-dealkylation sites (tertiary alicyclic amines) is 1. The van der Waals surface area contributed by atoms with Crippen LogP contribution in [-0.4, -0.2) is 60.7 Å². The second kappa shape index (κ2) is 8.75. The maximum absolute atomic E-state index is 6.02. The van der Waals surface area contributed by atoms with E-state index in [-0.39, 0.29) is 0 Å². The molecule has 26 heavy (non-hydrogen) atoms. The van der Waals surface area contributed by atoms with Crippen molar-refractivity contribution in [3.05, 3.63) is 47.0 Å². The van der Waals surface area contributed by atoms with Gasteiger partial charge < -0.3 is 21.2 Å². The molecule has 0 aromatic heterocycles. The largest absolute Gasteiger partial charge is 0.375 e. The molecule has 0 radical (unpaired) electrons. The topological polar surface area (TPSA) is 80.1 Å². The highest BCUT2D eigenvalue weighted by Gasteiger charge is 2.32. The van der Waals surface area contributed by atoms with Gasteiger partial charge in [0, 0.05) is 36.7 Å². The Balaban J connectivity index is 1.70. The molecule has 7 heteroatoms. The lowest BCUT2D eigenvalue weighted by molar-refractivity contribution is 0.0604. The number of guanidine groups is 1.